The Morgan fingerprint density at radius 1 is 1.00 bits per heavy atom. The number of nitrogens with one attached hydrogen (secondary N) is 1. The number of carbonyl (C=O) groups excluding carboxylic acids is 2. The number of esters is 1. The van der Waals surface area contributed by atoms with Gasteiger partial charge in [0.25, 0.3) is 0 Å². The number of methoxy groups -OCH3 is 3. The standard InChI is InChI=1S/C20H32N2O6/c1-7-28-20(24)13-22(11-14(2)3)12-19(23)21-10-15-8-17(26-5)18(27-6)9-16(15)25-4/h8-9,14H,7,10-13H2,1-6H3,(H,21,23). The molecule has 0 unspecified atom stereocenters. The van der Waals surface area contributed by atoms with E-state index < -0.39 is 0 Å². The largest absolute Gasteiger partial charge is 0.496 e. The van der Waals surface area contributed by atoms with Gasteiger partial charge in [0.1, 0.15) is 5.75 Å². The fourth-order valence-electron chi connectivity index (χ4n) is 2.77. The van der Waals surface area contributed by atoms with Crippen LogP contribution < -0.4 is 19.5 Å². The second-order valence-corrected chi connectivity index (χ2v) is 6.66. The van der Waals surface area contributed by atoms with Crippen LogP contribution in [0.15, 0.2) is 12.1 Å². The highest BCUT2D eigenvalue weighted by Gasteiger charge is 2.17. The second kappa shape index (κ2) is 12.1. The van der Waals surface area contributed by atoms with Gasteiger partial charge >= 0.3 is 5.97 Å². The van der Waals surface area contributed by atoms with Crippen molar-refractivity contribution in [1.29, 1.82) is 0 Å². The molecule has 8 nitrogen and oxygen atoms in total. The quantitative estimate of drug-likeness (QED) is 0.540. The number of ether oxygens (including phenoxy) is 4. The van der Waals surface area contributed by atoms with Crippen molar-refractivity contribution in [3.8, 4) is 17.2 Å². The summed E-state index contributed by atoms with van der Waals surface area (Å²) in [7, 11) is 4.65. The Kier molecular flexibility index (Phi) is 10.2. The lowest BCUT2D eigenvalue weighted by Gasteiger charge is -2.22. The van der Waals surface area contributed by atoms with Crippen molar-refractivity contribution in [3.63, 3.8) is 0 Å². The van der Waals surface area contributed by atoms with E-state index in [1.807, 2.05) is 13.8 Å². The summed E-state index contributed by atoms with van der Waals surface area (Å²) in [4.78, 5) is 26.0. The van der Waals surface area contributed by atoms with Crippen LogP contribution in [0.3, 0.4) is 0 Å². The summed E-state index contributed by atoms with van der Waals surface area (Å²) in [5.41, 5.74) is 0.759. The normalized spacial score (nSPS) is 10.7. The molecule has 1 rings (SSSR count). The molecule has 0 aromatic heterocycles. The predicted molar refractivity (Wildman–Crippen MR) is 106 cm³/mol. The Morgan fingerprint density at radius 2 is 1.61 bits per heavy atom. The molecule has 28 heavy (non-hydrogen) atoms. The summed E-state index contributed by atoms with van der Waals surface area (Å²) in [6.45, 7) is 7.21. The molecule has 0 bridgehead atoms. The molecule has 0 radical (unpaired) electrons. The average Bonchev–Trinajstić information content (AvgIpc) is 2.65. The zero-order valence-corrected chi connectivity index (χ0v) is 17.7. The third-order valence-corrected chi connectivity index (χ3v) is 3.91. The molecular weight excluding hydrogens is 364 g/mol. The Morgan fingerprint density at radius 3 is 2.14 bits per heavy atom. The lowest BCUT2D eigenvalue weighted by atomic mass is 10.1. The summed E-state index contributed by atoms with van der Waals surface area (Å²) in [6.07, 6.45) is 0. The Balaban J connectivity index is 2.76. The van der Waals surface area contributed by atoms with E-state index in [-0.39, 0.29) is 31.5 Å². The van der Waals surface area contributed by atoms with Crippen molar-refractivity contribution in [2.45, 2.75) is 27.3 Å². The zero-order chi connectivity index (χ0) is 21.1. The molecule has 0 atom stereocenters. The lowest BCUT2D eigenvalue weighted by molar-refractivity contribution is -0.144. The summed E-state index contributed by atoms with van der Waals surface area (Å²) in [6, 6.07) is 3.48. The highest BCUT2D eigenvalue weighted by atomic mass is 16.5. The van der Waals surface area contributed by atoms with Crippen molar-refractivity contribution < 1.29 is 28.5 Å². The molecule has 0 saturated carbocycles. The van der Waals surface area contributed by atoms with Crippen LogP contribution in [0.5, 0.6) is 17.2 Å². The molecule has 1 N–H and O–H groups in total. The smallest absolute Gasteiger partial charge is 0.320 e. The van der Waals surface area contributed by atoms with Gasteiger partial charge in [-0.15, -0.1) is 0 Å². The number of carbonyl (C=O) groups is 2. The SMILES string of the molecule is CCOC(=O)CN(CC(=O)NCc1cc(OC)c(OC)cc1OC)CC(C)C. The van der Waals surface area contributed by atoms with Gasteiger partial charge in [-0.3, -0.25) is 14.5 Å². The Labute approximate surface area is 167 Å². The van der Waals surface area contributed by atoms with Crippen molar-refractivity contribution in [2.24, 2.45) is 5.92 Å². The maximum absolute atomic E-state index is 12.4. The van der Waals surface area contributed by atoms with Gasteiger partial charge in [0.05, 0.1) is 41.0 Å². The summed E-state index contributed by atoms with van der Waals surface area (Å²) < 4.78 is 20.9. The molecule has 158 valence electrons. The third kappa shape index (κ3) is 7.64. The average molecular weight is 396 g/mol. The van der Waals surface area contributed by atoms with Crippen LogP contribution in [-0.4, -0.2) is 64.3 Å². The Bertz CT molecular complexity index is 648. The molecule has 0 fully saturated rings. The van der Waals surface area contributed by atoms with E-state index in [4.69, 9.17) is 18.9 Å². The fraction of sp³-hybridized carbons (Fsp3) is 0.600. The number of rotatable bonds is 12. The van der Waals surface area contributed by atoms with E-state index in [1.54, 1.807) is 45.3 Å². The van der Waals surface area contributed by atoms with Crippen LogP contribution in [0.4, 0.5) is 0 Å². The molecule has 1 aromatic carbocycles. The van der Waals surface area contributed by atoms with Gasteiger partial charge in [0.2, 0.25) is 5.91 Å². The summed E-state index contributed by atoms with van der Waals surface area (Å²) >= 11 is 0. The van der Waals surface area contributed by atoms with Crippen LogP contribution in [0.25, 0.3) is 0 Å². The predicted octanol–water partition coefficient (Wildman–Crippen LogP) is 1.85. The Hall–Kier alpha value is -2.48. The number of nitrogens with zero attached hydrogens (tertiary/aromatic N) is 1. The van der Waals surface area contributed by atoms with Crippen LogP contribution in [0, 0.1) is 5.92 Å². The van der Waals surface area contributed by atoms with E-state index >= 15 is 0 Å². The molecule has 0 saturated heterocycles. The van der Waals surface area contributed by atoms with Crippen molar-refractivity contribution >= 4 is 11.9 Å². The minimum atomic E-state index is -0.336. The first-order valence-corrected chi connectivity index (χ1v) is 9.28. The first-order chi connectivity index (χ1) is 13.3. The summed E-state index contributed by atoms with van der Waals surface area (Å²) in [5, 5.41) is 2.86. The van der Waals surface area contributed by atoms with Crippen molar-refractivity contribution in [1.82, 2.24) is 10.2 Å². The van der Waals surface area contributed by atoms with Crippen LogP contribution in [-0.2, 0) is 20.9 Å². The lowest BCUT2D eigenvalue weighted by Crippen LogP contribution is -2.41. The molecule has 0 heterocycles. The minimum Gasteiger partial charge on any atom is -0.496 e. The van der Waals surface area contributed by atoms with E-state index in [2.05, 4.69) is 5.32 Å². The zero-order valence-electron chi connectivity index (χ0n) is 17.7. The van der Waals surface area contributed by atoms with Gasteiger partial charge in [-0.05, 0) is 18.9 Å². The number of amides is 1. The van der Waals surface area contributed by atoms with E-state index in [0.717, 1.165) is 5.56 Å². The fourth-order valence-corrected chi connectivity index (χ4v) is 2.77. The van der Waals surface area contributed by atoms with Crippen LogP contribution >= 0.6 is 0 Å². The number of benzene rings is 1. The van der Waals surface area contributed by atoms with Gasteiger partial charge < -0.3 is 24.3 Å². The molecule has 1 aromatic rings. The molecule has 0 aliphatic rings. The van der Waals surface area contributed by atoms with Crippen molar-refractivity contribution in [2.75, 3.05) is 47.6 Å². The molecule has 0 aliphatic carbocycles. The third-order valence-electron chi connectivity index (χ3n) is 3.91. The highest BCUT2D eigenvalue weighted by molar-refractivity contribution is 5.79. The molecule has 8 heteroatoms. The van der Waals surface area contributed by atoms with Gasteiger partial charge in [0.15, 0.2) is 11.5 Å². The topological polar surface area (TPSA) is 86.3 Å². The summed E-state index contributed by atoms with van der Waals surface area (Å²) in [5.74, 6) is 1.47. The number of hydrogen-bond acceptors (Lipinski definition) is 7. The van der Waals surface area contributed by atoms with Crippen molar-refractivity contribution in [3.05, 3.63) is 17.7 Å². The first kappa shape index (κ1) is 23.6. The van der Waals surface area contributed by atoms with Gasteiger partial charge in [0, 0.05) is 24.7 Å². The maximum atomic E-state index is 12.4. The molecule has 0 aliphatic heterocycles. The second-order valence-electron chi connectivity index (χ2n) is 6.66. The minimum absolute atomic E-state index is 0.0825. The first-order valence-electron chi connectivity index (χ1n) is 9.28. The molecule has 1 amide bonds. The monoisotopic (exact) mass is 396 g/mol. The van der Waals surface area contributed by atoms with Gasteiger partial charge in [-0.1, -0.05) is 13.8 Å². The van der Waals surface area contributed by atoms with Gasteiger partial charge in [-0.2, -0.15) is 0 Å². The maximum Gasteiger partial charge on any atom is 0.320 e. The highest BCUT2D eigenvalue weighted by Crippen LogP contribution is 2.34. The molecule has 0 spiro atoms. The van der Waals surface area contributed by atoms with Crippen LogP contribution in [0.2, 0.25) is 0 Å². The van der Waals surface area contributed by atoms with Gasteiger partial charge in [-0.25, -0.2) is 0 Å². The van der Waals surface area contributed by atoms with E-state index in [0.29, 0.717) is 36.3 Å². The molecular formula is C20H32N2O6. The van der Waals surface area contributed by atoms with E-state index in [1.165, 1.54) is 0 Å². The van der Waals surface area contributed by atoms with E-state index in [9.17, 15) is 9.59 Å². The number of hydrogen-bond donors (Lipinski definition) is 1. The van der Waals surface area contributed by atoms with Crippen LogP contribution in [0.1, 0.15) is 26.3 Å².